The molecule has 0 bridgehead atoms. The molecule has 32 heavy (non-hydrogen) atoms. The largest absolute Gasteiger partial charge is 1.00 e. The zero-order chi connectivity index (χ0) is 22.5. The molecule has 1 saturated carbocycles. The minimum atomic E-state index is -1.07. The number of carbonyl (C=O) groups excluding carboxylic acids is 2. The Balaban J connectivity index is 0.00000289. The van der Waals surface area contributed by atoms with Gasteiger partial charge in [0.1, 0.15) is 17.1 Å². The number of likely N-dealkylation sites (N-methyl/N-ethyl adjacent to an activating group) is 1. The predicted molar refractivity (Wildman–Crippen MR) is 108 cm³/mol. The molecule has 0 atom stereocenters. The molecule has 11 heteroatoms. The molecular weight excluding hydrogens is 452 g/mol. The van der Waals surface area contributed by atoms with Crippen molar-refractivity contribution in [2.24, 2.45) is 0 Å². The topological polar surface area (TPSA) is 104 Å². The number of aromatic nitrogens is 1. The maximum Gasteiger partial charge on any atom is 1.00 e. The Kier molecular flexibility index (Phi) is 7.07. The smallest absolute Gasteiger partial charge is 0.868 e. The molecule has 0 unspecified atom stereocenters. The second kappa shape index (κ2) is 9.15. The Bertz CT molecular complexity index is 1150. The van der Waals surface area contributed by atoms with Crippen LogP contribution < -0.4 is 45.4 Å². The zero-order valence-corrected chi connectivity index (χ0v) is 20.7. The predicted octanol–water partition coefficient (Wildman–Crippen LogP) is -1.76. The molecule has 2 aliphatic rings. The minimum absolute atomic E-state index is 0. The van der Waals surface area contributed by atoms with Crippen molar-refractivity contribution >= 4 is 23.4 Å². The van der Waals surface area contributed by atoms with Gasteiger partial charge >= 0.3 is 29.6 Å². The van der Waals surface area contributed by atoms with E-state index in [2.05, 4.69) is 5.32 Å². The molecule has 1 fully saturated rings. The number of methoxy groups -OCH3 is 1. The van der Waals surface area contributed by atoms with Gasteiger partial charge in [0.25, 0.3) is 11.8 Å². The number of nitrogens with one attached hydrogen (secondary N) is 1. The van der Waals surface area contributed by atoms with Crippen molar-refractivity contribution in [3.05, 3.63) is 62.3 Å². The van der Waals surface area contributed by atoms with Crippen LogP contribution in [0.2, 0.25) is 5.02 Å². The Hall–Kier alpha value is -1.91. The number of rotatable bonds is 4. The van der Waals surface area contributed by atoms with Crippen LogP contribution in [0, 0.1) is 5.82 Å². The fraction of sp³-hybridized carbons (Fsp3) is 0.381. The Labute approximate surface area is 210 Å². The average Bonchev–Trinajstić information content (AvgIpc) is 2.71. The monoisotopic (exact) mass is 471 g/mol. The van der Waals surface area contributed by atoms with Crippen LogP contribution in [0.5, 0.6) is 5.75 Å². The molecule has 1 aliphatic carbocycles. The SMILES string of the molecule is COC1CC2(C1)CN(C)C(=O)c1c([O-])c(=O)c(C(=O)NCc3cccc(Cl)c3F)cn12.[Na+]. The third kappa shape index (κ3) is 3.97. The molecule has 2 heterocycles. The summed E-state index contributed by atoms with van der Waals surface area (Å²) in [5.41, 5.74) is -2.22. The number of hydrogen-bond donors (Lipinski definition) is 1. The molecule has 2 aromatic rings. The van der Waals surface area contributed by atoms with E-state index in [1.807, 2.05) is 0 Å². The molecule has 4 rings (SSSR count). The molecule has 1 spiro atoms. The van der Waals surface area contributed by atoms with Gasteiger partial charge in [0.05, 0.1) is 16.7 Å². The van der Waals surface area contributed by atoms with E-state index in [4.69, 9.17) is 16.3 Å². The number of fused-ring (bicyclic) bond motifs is 2. The van der Waals surface area contributed by atoms with E-state index in [9.17, 15) is 23.9 Å². The summed E-state index contributed by atoms with van der Waals surface area (Å²) < 4.78 is 20.9. The summed E-state index contributed by atoms with van der Waals surface area (Å²) in [4.78, 5) is 39.4. The standard InChI is InChI=1S/C21H21ClFN3O5.Na/c1-25-10-21(6-12(7-21)31-2)26-9-13(17(27)18(28)16(26)20(25)30)19(29)24-8-11-4-3-5-14(22)15(11)23;/h3-5,9,12,28H,6-8,10H2,1-2H3,(H,24,29);/q;+1/p-1. The van der Waals surface area contributed by atoms with E-state index in [-0.39, 0.29) is 58.5 Å². The third-order valence-electron chi connectivity index (χ3n) is 6.02. The maximum absolute atomic E-state index is 14.1. The quantitative estimate of drug-likeness (QED) is 0.532. The number of pyridine rings is 1. The maximum atomic E-state index is 14.1. The van der Waals surface area contributed by atoms with Crippen molar-refractivity contribution in [2.45, 2.75) is 31.0 Å². The molecule has 0 saturated heterocycles. The van der Waals surface area contributed by atoms with Crippen molar-refractivity contribution in [1.82, 2.24) is 14.8 Å². The normalized spacial score (nSPS) is 21.6. The van der Waals surface area contributed by atoms with Crippen molar-refractivity contribution < 1.29 is 53.4 Å². The molecule has 2 amide bonds. The van der Waals surface area contributed by atoms with Crippen molar-refractivity contribution in [2.75, 3.05) is 20.7 Å². The first-order valence-electron chi connectivity index (χ1n) is 9.65. The van der Waals surface area contributed by atoms with E-state index in [0.717, 1.165) is 0 Å². The molecular formula is C21H20ClFN3NaO5. The summed E-state index contributed by atoms with van der Waals surface area (Å²) in [5.74, 6) is -3.11. The summed E-state index contributed by atoms with van der Waals surface area (Å²) in [6, 6.07) is 4.36. The third-order valence-corrected chi connectivity index (χ3v) is 6.31. The van der Waals surface area contributed by atoms with Crippen LogP contribution in [0.1, 0.15) is 39.3 Å². The van der Waals surface area contributed by atoms with E-state index in [0.29, 0.717) is 19.4 Å². The van der Waals surface area contributed by atoms with Crippen LogP contribution in [0.3, 0.4) is 0 Å². The number of nitrogens with zero attached hydrogens (tertiary/aromatic N) is 2. The van der Waals surface area contributed by atoms with Gasteiger partial charge in [-0.3, -0.25) is 14.4 Å². The van der Waals surface area contributed by atoms with Gasteiger partial charge in [-0.15, -0.1) is 0 Å². The fourth-order valence-corrected chi connectivity index (χ4v) is 4.53. The van der Waals surface area contributed by atoms with Gasteiger partial charge < -0.3 is 24.6 Å². The molecule has 1 aliphatic heterocycles. The van der Waals surface area contributed by atoms with Crippen LogP contribution in [-0.2, 0) is 16.8 Å². The van der Waals surface area contributed by atoms with E-state index in [1.165, 1.54) is 33.9 Å². The molecule has 1 aromatic carbocycles. The number of carbonyl (C=O) groups is 2. The fourth-order valence-electron chi connectivity index (χ4n) is 4.33. The number of halogens is 2. The van der Waals surface area contributed by atoms with Crippen molar-refractivity contribution in [1.29, 1.82) is 0 Å². The molecule has 164 valence electrons. The summed E-state index contributed by atoms with van der Waals surface area (Å²) in [6.07, 6.45) is 2.28. The van der Waals surface area contributed by atoms with Gasteiger partial charge in [0, 0.05) is 39.0 Å². The van der Waals surface area contributed by atoms with Crippen LogP contribution in [0.25, 0.3) is 0 Å². The van der Waals surface area contributed by atoms with Crippen molar-refractivity contribution in [3.63, 3.8) is 0 Å². The summed E-state index contributed by atoms with van der Waals surface area (Å²) in [6.45, 7) is 0.106. The first-order chi connectivity index (χ1) is 14.7. The van der Waals surface area contributed by atoms with Gasteiger partial charge in [-0.05, 0) is 24.7 Å². The minimum Gasteiger partial charge on any atom is -0.868 e. The van der Waals surface area contributed by atoms with Gasteiger partial charge in [0.2, 0.25) is 0 Å². The average molecular weight is 472 g/mol. The first-order valence-corrected chi connectivity index (χ1v) is 10.0. The second-order valence-corrected chi connectivity index (χ2v) is 8.37. The number of ether oxygens (including phenoxy) is 1. The molecule has 8 nitrogen and oxygen atoms in total. The molecule has 1 aromatic heterocycles. The van der Waals surface area contributed by atoms with Gasteiger partial charge in [-0.2, -0.15) is 0 Å². The molecule has 1 N–H and O–H groups in total. The van der Waals surface area contributed by atoms with Crippen LogP contribution in [0.4, 0.5) is 4.39 Å². The number of amides is 2. The zero-order valence-electron chi connectivity index (χ0n) is 17.9. The van der Waals surface area contributed by atoms with Gasteiger partial charge in [-0.25, -0.2) is 4.39 Å². The van der Waals surface area contributed by atoms with E-state index in [1.54, 1.807) is 14.2 Å². The van der Waals surface area contributed by atoms with E-state index >= 15 is 0 Å². The Morgan fingerprint density at radius 3 is 2.72 bits per heavy atom. The van der Waals surface area contributed by atoms with Crippen LogP contribution in [-0.4, -0.2) is 48.1 Å². The van der Waals surface area contributed by atoms with E-state index < -0.39 is 39.9 Å². The second-order valence-electron chi connectivity index (χ2n) is 7.97. The number of hydrogen-bond acceptors (Lipinski definition) is 5. The van der Waals surface area contributed by atoms with Gasteiger partial charge in [-0.1, -0.05) is 23.7 Å². The first kappa shape index (κ1) is 24.7. The summed E-state index contributed by atoms with van der Waals surface area (Å²) in [7, 11) is 3.15. The molecule has 0 radical (unpaired) electrons. The Morgan fingerprint density at radius 2 is 2.06 bits per heavy atom. The summed E-state index contributed by atoms with van der Waals surface area (Å²) >= 11 is 5.75. The van der Waals surface area contributed by atoms with Gasteiger partial charge in [0.15, 0.2) is 5.43 Å². The Morgan fingerprint density at radius 1 is 1.38 bits per heavy atom. The van der Waals surface area contributed by atoms with Crippen molar-refractivity contribution in [3.8, 4) is 5.75 Å². The number of benzene rings is 1. The summed E-state index contributed by atoms with van der Waals surface area (Å²) in [5, 5.41) is 15.1. The van der Waals surface area contributed by atoms with Crippen LogP contribution in [0.15, 0.2) is 29.2 Å². The van der Waals surface area contributed by atoms with Crippen LogP contribution >= 0.6 is 11.6 Å².